The van der Waals surface area contributed by atoms with Gasteiger partial charge in [-0.1, -0.05) is 12.6 Å². The largest absolute Gasteiger partial charge is 0.390 e. The van der Waals surface area contributed by atoms with Gasteiger partial charge >= 0.3 is 0 Å². The van der Waals surface area contributed by atoms with Gasteiger partial charge in [-0.2, -0.15) is 0 Å². The second kappa shape index (κ2) is 12.0. The predicted molar refractivity (Wildman–Crippen MR) is 138 cm³/mol. The highest BCUT2D eigenvalue weighted by atomic mass is 19.1. The van der Waals surface area contributed by atoms with Gasteiger partial charge in [0.25, 0.3) is 5.91 Å². The number of amides is 1. The first-order chi connectivity index (χ1) is 17.4. The summed E-state index contributed by atoms with van der Waals surface area (Å²) in [6, 6.07) is 5.51. The van der Waals surface area contributed by atoms with Crippen molar-refractivity contribution in [1.82, 2.24) is 15.1 Å². The Bertz CT molecular complexity index is 1020. The van der Waals surface area contributed by atoms with Crippen LogP contribution in [0.15, 0.2) is 46.7 Å². The molecule has 3 N–H and O–H groups in total. The van der Waals surface area contributed by atoms with Crippen molar-refractivity contribution in [3.63, 3.8) is 0 Å². The Morgan fingerprint density at radius 3 is 2.75 bits per heavy atom. The molecule has 0 spiro atoms. The van der Waals surface area contributed by atoms with Gasteiger partial charge in [-0.25, -0.2) is 9.38 Å². The maximum atomic E-state index is 13.8. The summed E-state index contributed by atoms with van der Waals surface area (Å²) < 4.78 is 24.9. The van der Waals surface area contributed by atoms with Crippen LogP contribution in [0.4, 0.5) is 4.39 Å². The van der Waals surface area contributed by atoms with Crippen LogP contribution >= 0.6 is 0 Å². The quantitative estimate of drug-likeness (QED) is 0.259. The van der Waals surface area contributed by atoms with Crippen LogP contribution in [0, 0.1) is 5.82 Å². The van der Waals surface area contributed by atoms with Crippen LogP contribution in [0.25, 0.3) is 0 Å². The Labute approximate surface area is 213 Å². The number of aliphatic imine (C=N–C) groups is 1. The first-order valence-corrected chi connectivity index (χ1v) is 12.7. The molecule has 0 radical (unpaired) electrons. The molecule has 2 saturated heterocycles. The number of nitrogens with one attached hydrogen (secondary N) is 1. The van der Waals surface area contributed by atoms with E-state index in [9.17, 15) is 9.18 Å². The molecule has 1 amide bonds. The molecule has 4 rings (SSSR count). The standard InChI is InChI=1S/C27H38FN5O3/c1-18(19(2)33-10-6-20-4-5-22(28)14-21(20)15-33)26(30-17-29)27(34)32-11-7-23(8-12-32)31-24-9-13-36-16-25(24)35-3/h4-5,14,17,23-25,31H,2,6-13,15-16H2,1,3H3,(H2,29,30)/b26-18-. The van der Waals surface area contributed by atoms with Gasteiger partial charge < -0.3 is 30.3 Å². The number of hydrogen-bond acceptors (Lipinski definition) is 6. The molecule has 0 aliphatic carbocycles. The Morgan fingerprint density at radius 1 is 1.25 bits per heavy atom. The molecule has 1 aromatic carbocycles. The van der Waals surface area contributed by atoms with E-state index in [1.54, 1.807) is 13.2 Å². The van der Waals surface area contributed by atoms with Gasteiger partial charge in [0, 0.05) is 63.2 Å². The van der Waals surface area contributed by atoms with Crippen molar-refractivity contribution in [1.29, 1.82) is 0 Å². The fraction of sp³-hybridized carbons (Fsp3) is 0.556. The Kier molecular flexibility index (Phi) is 8.77. The molecule has 2 atom stereocenters. The average molecular weight is 500 g/mol. The smallest absolute Gasteiger partial charge is 0.272 e. The molecule has 0 bridgehead atoms. The van der Waals surface area contributed by atoms with E-state index in [1.807, 2.05) is 17.9 Å². The zero-order valence-electron chi connectivity index (χ0n) is 21.3. The Balaban J connectivity index is 1.40. The molecule has 3 aliphatic heterocycles. The van der Waals surface area contributed by atoms with Crippen molar-refractivity contribution in [2.75, 3.05) is 40.0 Å². The summed E-state index contributed by atoms with van der Waals surface area (Å²) in [6.07, 6.45) is 4.64. The van der Waals surface area contributed by atoms with E-state index in [-0.39, 0.29) is 23.9 Å². The number of ether oxygens (including phenoxy) is 2. The molecule has 36 heavy (non-hydrogen) atoms. The molecule has 9 heteroatoms. The fourth-order valence-electron chi connectivity index (χ4n) is 5.35. The summed E-state index contributed by atoms with van der Waals surface area (Å²) in [6.45, 7) is 10.0. The van der Waals surface area contributed by atoms with E-state index in [0.717, 1.165) is 56.3 Å². The van der Waals surface area contributed by atoms with E-state index < -0.39 is 0 Å². The third kappa shape index (κ3) is 5.96. The Hall–Kier alpha value is -2.75. The van der Waals surface area contributed by atoms with Crippen molar-refractivity contribution in [3.8, 4) is 0 Å². The molecule has 1 aromatic rings. The highest BCUT2D eigenvalue weighted by Crippen LogP contribution is 2.27. The number of nitrogens with two attached hydrogens (primary N) is 1. The van der Waals surface area contributed by atoms with Gasteiger partial charge in [0.05, 0.1) is 19.0 Å². The number of fused-ring (bicyclic) bond motifs is 1. The third-order valence-corrected chi connectivity index (χ3v) is 7.60. The first kappa shape index (κ1) is 26.3. The van der Waals surface area contributed by atoms with Crippen LogP contribution in [0.3, 0.4) is 0 Å². The lowest BCUT2D eigenvalue weighted by Gasteiger charge is -2.38. The molecule has 0 saturated carbocycles. The molecule has 2 fully saturated rings. The van der Waals surface area contributed by atoms with Crippen molar-refractivity contribution < 1.29 is 18.7 Å². The third-order valence-electron chi connectivity index (χ3n) is 7.60. The van der Waals surface area contributed by atoms with Crippen LogP contribution in [-0.2, 0) is 27.2 Å². The number of allylic oxidation sites excluding steroid dienone is 1. The first-order valence-electron chi connectivity index (χ1n) is 12.7. The van der Waals surface area contributed by atoms with Gasteiger partial charge in [0.15, 0.2) is 0 Å². The minimum absolute atomic E-state index is 0.0544. The summed E-state index contributed by atoms with van der Waals surface area (Å²) in [5, 5.41) is 3.72. The number of piperidine rings is 1. The van der Waals surface area contributed by atoms with Crippen molar-refractivity contribution in [2.24, 2.45) is 10.7 Å². The molecule has 0 aromatic heterocycles. The number of hydrogen-bond donors (Lipinski definition) is 2. The lowest BCUT2D eigenvalue weighted by molar-refractivity contribution is -0.128. The highest BCUT2D eigenvalue weighted by molar-refractivity contribution is 5.95. The monoisotopic (exact) mass is 499 g/mol. The maximum Gasteiger partial charge on any atom is 0.272 e. The minimum atomic E-state index is -0.246. The molecule has 196 valence electrons. The summed E-state index contributed by atoms with van der Waals surface area (Å²) >= 11 is 0. The Morgan fingerprint density at radius 2 is 2.03 bits per heavy atom. The topological polar surface area (TPSA) is 92.4 Å². The van der Waals surface area contributed by atoms with Gasteiger partial charge in [-0.15, -0.1) is 0 Å². The molecule has 3 aliphatic rings. The molecular formula is C27H38FN5O3. The van der Waals surface area contributed by atoms with E-state index >= 15 is 0 Å². The second-order valence-corrected chi connectivity index (χ2v) is 9.76. The molecular weight excluding hydrogens is 461 g/mol. The van der Waals surface area contributed by atoms with Crippen LogP contribution in [-0.4, -0.2) is 80.2 Å². The molecule has 3 heterocycles. The summed E-state index contributed by atoms with van der Waals surface area (Å²) in [7, 11) is 1.72. The van der Waals surface area contributed by atoms with E-state index in [1.165, 1.54) is 6.07 Å². The number of methoxy groups -OCH3 is 1. The van der Waals surface area contributed by atoms with Crippen molar-refractivity contribution in [3.05, 3.63) is 58.7 Å². The average Bonchev–Trinajstić information content (AvgIpc) is 2.91. The van der Waals surface area contributed by atoms with Crippen molar-refractivity contribution in [2.45, 2.75) is 57.3 Å². The number of likely N-dealkylation sites (tertiary alicyclic amines) is 1. The summed E-state index contributed by atoms with van der Waals surface area (Å²) in [5.74, 6) is -0.386. The second-order valence-electron chi connectivity index (χ2n) is 9.76. The van der Waals surface area contributed by atoms with Gasteiger partial charge in [-0.3, -0.25) is 4.79 Å². The van der Waals surface area contributed by atoms with Crippen LogP contribution in [0.1, 0.15) is 37.3 Å². The lowest BCUT2D eigenvalue weighted by Crippen LogP contribution is -2.54. The maximum absolute atomic E-state index is 13.8. The van der Waals surface area contributed by atoms with E-state index in [0.29, 0.717) is 49.3 Å². The van der Waals surface area contributed by atoms with Gasteiger partial charge in [0.1, 0.15) is 11.5 Å². The number of benzene rings is 1. The SMILES string of the molecule is C=C(/C(C)=C(\N=CN)C(=O)N1CCC(NC2CCOCC2OC)CC1)N1CCc2ccc(F)cc2C1. The zero-order valence-corrected chi connectivity index (χ0v) is 21.3. The number of carbonyl (C=O) groups excluding carboxylic acids is 1. The van der Waals surface area contributed by atoms with Crippen LogP contribution < -0.4 is 11.1 Å². The normalized spacial score (nSPS) is 24.0. The van der Waals surface area contributed by atoms with Crippen LogP contribution in [0.2, 0.25) is 0 Å². The van der Waals surface area contributed by atoms with E-state index in [2.05, 4.69) is 21.8 Å². The predicted octanol–water partition coefficient (Wildman–Crippen LogP) is 2.34. The highest BCUT2D eigenvalue weighted by Gasteiger charge is 2.31. The summed E-state index contributed by atoms with van der Waals surface area (Å²) in [4.78, 5) is 21.7. The fourth-order valence-corrected chi connectivity index (χ4v) is 5.35. The number of halogens is 1. The van der Waals surface area contributed by atoms with Crippen LogP contribution in [0.5, 0.6) is 0 Å². The number of nitrogens with zero attached hydrogens (tertiary/aromatic N) is 3. The summed E-state index contributed by atoms with van der Waals surface area (Å²) in [5.41, 5.74) is 9.43. The molecule has 2 unspecified atom stereocenters. The lowest BCUT2D eigenvalue weighted by atomic mass is 9.98. The number of rotatable bonds is 7. The van der Waals surface area contributed by atoms with Crippen molar-refractivity contribution >= 4 is 12.2 Å². The zero-order chi connectivity index (χ0) is 25.7. The van der Waals surface area contributed by atoms with E-state index in [4.69, 9.17) is 15.2 Å². The molecule has 8 nitrogen and oxygen atoms in total. The minimum Gasteiger partial charge on any atom is -0.390 e. The van der Waals surface area contributed by atoms with Gasteiger partial charge in [-0.05, 0) is 55.9 Å². The van der Waals surface area contributed by atoms with Gasteiger partial charge in [0.2, 0.25) is 0 Å². The number of carbonyl (C=O) groups is 1.